The highest BCUT2D eigenvalue weighted by Gasteiger charge is 2.11. The minimum absolute atomic E-state index is 0.737. The van der Waals surface area contributed by atoms with Crippen molar-refractivity contribution in [3.8, 4) is 0 Å². The number of aromatic nitrogens is 3. The van der Waals surface area contributed by atoms with Crippen molar-refractivity contribution in [3.05, 3.63) is 34.5 Å². The molecule has 80 valence electrons. The van der Waals surface area contributed by atoms with Crippen molar-refractivity contribution in [3.63, 3.8) is 0 Å². The van der Waals surface area contributed by atoms with Crippen LogP contribution in [0.25, 0.3) is 0 Å². The molecule has 0 bridgehead atoms. The summed E-state index contributed by atoms with van der Waals surface area (Å²) in [6, 6.07) is 2.07. The third-order valence-electron chi connectivity index (χ3n) is 2.59. The zero-order valence-electron chi connectivity index (χ0n) is 9.53. The van der Waals surface area contributed by atoms with E-state index in [-0.39, 0.29) is 0 Å². The third-order valence-corrected chi connectivity index (χ3v) is 2.59. The first-order chi connectivity index (χ1) is 7.08. The smallest absolute Gasteiger partial charge is 0.138 e. The molecular weight excluding hydrogens is 190 g/mol. The van der Waals surface area contributed by atoms with E-state index in [0.717, 1.165) is 35.0 Å². The highest BCUT2D eigenvalue weighted by Crippen LogP contribution is 2.14. The largest absolute Gasteiger partial charge is 0.361 e. The van der Waals surface area contributed by atoms with Gasteiger partial charge in [-0.15, -0.1) is 0 Å². The van der Waals surface area contributed by atoms with Gasteiger partial charge < -0.3 is 4.52 Å². The minimum Gasteiger partial charge on any atom is -0.361 e. The first kappa shape index (κ1) is 9.96. The lowest BCUT2D eigenvalue weighted by Gasteiger charge is -2.03. The second-order valence-corrected chi connectivity index (χ2v) is 3.89. The van der Waals surface area contributed by atoms with Gasteiger partial charge in [-0.2, -0.15) is 5.10 Å². The van der Waals surface area contributed by atoms with Crippen molar-refractivity contribution < 1.29 is 4.52 Å². The van der Waals surface area contributed by atoms with Crippen LogP contribution in [-0.4, -0.2) is 14.9 Å². The molecule has 0 fully saturated rings. The van der Waals surface area contributed by atoms with Gasteiger partial charge in [0.05, 0.1) is 17.9 Å². The third kappa shape index (κ3) is 1.79. The fourth-order valence-corrected chi connectivity index (χ4v) is 1.71. The van der Waals surface area contributed by atoms with Crippen molar-refractivity contribution in [2.45, 2.75) is 34.2 Å². The average molecular weight is 205 g/mol. The summed E-state index contributed by atoms with van der Waals surface area (Å²) in [6.45, 7) is 8.67. The Kier molecular flexibility index (Phi) is 2.34. The van der Waals surface area contributed by atoms with Crippen LogP contribution in [0.5, 0.6) is 0 Å². The average Bonchev–Trinajstić information content (AvgIpc) is 2.63. The predicted molar refractivity (Wildman–Crippen MR) is 56.8 cm³/mol. The van der Waals surface area contributed by atoms with Gasteiger partial charge in [-0.3, -0.25) is 4.68 Å². The summed E-state index contributed by atoms with van der Waals surface area (Å²) < 4.78 is 7.10. The van der Waals surface area contributed by atoms with Gasteiger partial charge in [0.2, 0.25) is 0 Å². The molecule has 2 aromatic rings. The normalized spacial score (nSPS) is 10.9. The lowest BCUT2D eigenvalue weighted by atomic mass is 10.2. The topological polar surface area (TPSA) is 43.9 Å². The Labute approximate surface area is 88.9 Å². The van der Waals surface area contributed by atoms with Crippen LogP contribution in [0.1, 0.15) is 28.4 Å². The molecule has 15 heavy (non-hydrogen) atoms. The van der Waals surface area contributed by atoms with Crippen LogP contribution < -0.4 is 0 Å². The molecule has 0 aromatic carbocycles. The minimum atomic E-state index is 0.737. The zero-order valence-corrected chi connectivity index (χ0v) is 9.53. The fraction of sp³-hybridized carbons (Fsp3) is 0.455. The molecular formula is C11H15N3O. The van der Waals surface area contributed by atoms with Gasteiger partial charge >= 0.3 is 0 Å². The van der Waals surface area contributed by atoms with Crippen LogP contribution in [0.15, 0.2) is 10.6 Å². The fourth-order valence-electron chi connectivity index (χ4n) is 1.71. The maximum atomic E-state index is 5.12. The lowest BCUT2D eigenvalue weighted by Crippen LogP contribution is -2.05. The van der Waals surface area contributed by atoms with E-state index in [4.69, 9.17) is 4.52 Å². The zero-order chi connectivity index (χ0) is 11.0. The van der Waals surface area contributed by atoms with Crippen LogP contribution in [0.2, 0.25) is 0 Å². The SMILES string of the molecule is Cc1cc(C)n(Cc2c(C)noc2C)n1. The van der Waals surface area contributed by atoms with Crippen molar-refractivity contribution in [1.82, 2.24) is 14.9 Å². The number of rotatable bonds is 2. The molecule has 0 aliphatic carbocycles. The molecule has 0 aliphatic rings. The van der Waals surface area contributed by atoms with Crippen LogP contribution in [0.4, 0.5) is 0 Å². The molecule has 0 aliphatic heterocycles. The van der Waals surface area contributed by atoms with Gasteiger partial charge in [0.15, 0.2) is 0 Å². The number of nitrogens with zero attached hydrogens (tertiary/aromatic N) is 3. The Balaban J connectivity index is 2.33. The van der Waals surface area contributed by atoms with Crippen molar-refractivity contribution in [1.29, 1.82) is 0 Å². The summed E-state index contributed by atoms with van der Waals surface area (Å²) in [5.74, 6) is 0.875. The second-order valence-electron chi connectivity index (χ2n) is 3.89. The van der Waals surface area contributed by atoms with Gasteiger partial charge in [0, 0.05) is 11.3 Å². The van der Waals surface area contributed by atoms with Crippen molar-refractivity contribution in [2.75, 3.05) is 0 Å². The van der Waals surface area contributed by atoms with Gasteiger partial charge in [0.1, 0.15) is 5.76 Å². The lowest BCUT2D eigenvalue weighted by molar-refractivity contribution is 0.391. The van der Waals surface area contributed by atoms with Crippen LogP contribution in [-0.2, 0) is 6.54 Å². The maximum Gasteiger partial charge on any atom is 0.138 e. The van der Waals surface area contributed by atoms with E-state index in [2.05, 4.69) is 23.2 Å². The summed E-state index contributed by atoms with van der Waals surface area (Å²) in [7, 11) is 0. The molecule has 0 saturated heterocycles. The van der Waals surface area contributed by atoms with Gasteiger partial charge in [-0.1, -0.05) is 5.16 Å². The Bertz CT molecular complexity index is 462. The summed E-state index contributed by atoms with van der Waals surface area (Å²) in [5.41, 5.74) is 4.27. The summed E-state index contributed by atoms with van der Waals surface area (Å²) in [4.78, 5) is 0. The second kappa shape index (κ2) is 3.53. The van der Waals surface area contributed by atoms with Gasteiger partial charge in [-0.25, -0.2) is 0 Å². The van der Waals surface area contributed by atoms with E-state index in [0.29, 0.717) is 0 Å². The van der Waals surface area contributed by atoms with E-state index < -0.39 is 0 Å². The molecule has 0 N–H and O–H groups in total. The first-order valence-corrected chi connectivity index (χ1v) is 5.00. The molecule has 0 amide bonds. The van der Waals surface area contributed by atoms with Gasteiger partial charge in [0.25, 0.3) is 0 Å². The standard InChI is InChI=1S/C11H15N3O/c1-7-5-8(2)14(12-7)6-11-9(3)13-15-10(11)4/h5H,6H2,1-4H3. The first-order valence-electron chi connectivity index (χ1n) is 5.00. The van der Waals surface area contributed by atoms with Crippen LogP contribution in [0, 0.1) is 27.7 Å². The number of aryl methyl sites for hydroxylation is 4. The molecule has 2 aromatic heterocycles. The van der Waals surface area contributed by atoms with E-state index in [1.54, 1.807) is 0 Å². The Morgan fingerprint density at radius 1 is 1.27 bits per heavy atom. The molecule has 4 nitrogen and oxygen atoms in total. The van der Waals surface area contributed by atoms with Gasteiger partial charge in [-0.05, 0) is 33.8 Å². The van der Waals surface area contributed by atoms with Crippen LogP contribution >= 0.6 is 0 Å². The van der Waals surface area contributed by atoms with Crippen LogP contribution in [0.3, 0.4) is 0 Å². The number of hydrogen-bond donors (Lipinski definition) is 0. The Morgan fingerprint density at radius 3 is 2.47 bits per heavy atom. The molecule has 0 spiro atoms. The quantitative estimate of drug-likeness (QED) is 0.754. The van der Waals surface area contributed by atoms with E-state index >= 15 is 0 Å². The van der Waals surface area contributed by atoms with Crippen molar-refractivity contribution >= 4 is 0 Å². The number of hydrogen-bond acceptors (Lipinski definition) is 3. The summed E-state index contributed by atoms with van der Waals surface area (Å²) in [5, 5.41) is 8.35. The molecule has 0 unspecified atom stereocenters. The molecule has 0 atom stereocenters. The monoisotopic (exact) mass is 205 g/mol. The maximum absolute atomic E-state index is 5.12. The molecule has 2 rings (SSSR count). The molecule has 2 heterocycles. The predicted octanol–water partition coefficient (Wildman–Crippen LogP) is 2.15. The highest BCUT2D eigenvalue weighted by molar-refractivity contribution is 5.22. The van der Waals surface area contributed by atoms with E-state index in [1.165, 1.54) is 0 Å². The highest BCUT2D eigenvalue weighted by atomic mass is 16.5. The van der Waals surface area contributed by atoms with Crippen molar-refractivity contribution in [2.24, 2.45) is 0 Å². The van der Waals surface area contributed by atoms with E-state index in [1.807, 2.05) is 25.5 Å². The molecule has 0 saturated carbocycles. The summed E-state index contributed by atoms with van der Waals surface area (Å²) >= 11 is 0. The molecule has 0 radical (unpaired) electrons. The molecule has 4 heteroatoms. The Hall–Kier alpha value is -1.58. The Morgan fingerprint density at radius 2 is 2.00 bits per heavy atom. The summed E-state index contributed by atoms with van der Waals surface area (Å²) in [6.07, 6.45) is 0. The van der Waals surface area contributed by atoms with E-state index in [9.17, 15) is 0 Å².